The van der Waals surface area contributed by atoms with Crippen molar-refractivity contribution in [1.29, 1.82) is 0 Å². The predicted octanol–water partition coefficient (Wildman–Crippen LogP) is 14.9. The summed E-state index contributed by atoms with van der Waals surface area (Å²) in [5, 5.41) is 2.25. The highest BCUT2D eigenvalue weighted by Crippen LogP contribution is 2.58. The average Bonchev–Trinajstić information content (AvgIpc) is 3.92. The molecule has 0 aliphatic heterocycles. The molecule has 12 rings (SSSR count). The summed E-state index contributed by atoms with van der Waals surface area (Å²) in [5.74, 6) is 1.20. The fraction of sp³-hybridized carbons (Fsp3) is 0.0172. The minimum atomic E-state index is -0.594. The van der Waals surface area contributed by atoms with Crippen molar-refractivity contribution < 1.29 is 6.85 Å². The second kappa shape index (κ2) is 14.7. The van der Waals surface area contributed by atoms with Gasteiger partial charge in [0.2, 0.25) is 0 Å². The van der Waals surface area contributed by atoms with E-state index in [9.17, 15) is 0 Å². The molecule has 3 nitrogen and oxygen atoms in total. The summed E-state index contributed by atoms with van der Waals surface area (Å²) >= 11 is 1.69. The third-order valence-electron chi connectivity index (χ3n) is 12.2. The first-order valence-corrected chi connectivity index (χ1v) is 21.4. The molecule has 9 aromatic carbocycles. The molecule has 1 aliphatic carbocycles. The molecule has 2 aromatic heterocycles. The molecule has 0 bridgehead atoms. The van der Waals surface area contributed by atoms with Crippen molar-refractivity contribution in [3.8, 4) is 67.5 Å². The zero-order valence-electron chi connectivity index (χ0n) is 38.2. The molecule has 290 valence electrons. The number of thiophene rings is 1. The first kappa shape index (κ1) is 31.1. The van der Waals surface area contributed by atoms with Crippen LogP contribution >= 0.6 is 11.3 Å². The van der Waals surface area contributed by atoms with E-state index in [1.807, 2.05) is 36.4 Å². The summed E-state index contributed by atoms with van der Waals surface area (Å²) < 4.78 is 45.6. The standard InChI is InChI=1S/C58H37N3S/c1-4-20-38(21-5-1)41-26-10-12-29-46(41)55-59-56(61-57(60-55)49-34-18-33-45-43-28-15-17-37-52(43)62-54(45)49)47-30-13-11-27-42(47)44-32-19-36-51-53(44)48-31-14-16-35-50(48)58(51,39-22-6-2-7-23-39)40-24-8-3-9-25-40/h1-37H/i1D,4D,5D,20D,21D. The van der Waals surface area contributed by atoms with E-state index in [1.165, 1.54) is 22.3 Å². The Hall–Kier alpha value is -7.79. The summed E-state index contributed by atoms with van der Waals surface area (Å²) in [7, 11) is 0. The fourth-order valence-corrected chi connectivity index (χ4v) is 10.8. The van der Waals surface area contributed by atoms with Crippen molar-refractivity contribution in [3.63, 3.8) is 0 Å². The van der Waals surface area contributed by atoms with Crippen LogP contribution in [0.3, 0.4) is 0 Å². The van der Waals surface area contributed by atoms with E-state index in [2.05, 4.69) is 146 Å². The topological polar surface area (TPSA) is 38.7 Å². The Morgan fingerprint density at radius 2 is 0.855 bits per heavy atom. The summed E-state index contributed by atoms with van der Waals surface area (Å²) in [6, 6.07) is 65.1. The van der Waals surface area contributed by atoms with E-state index in [1.54, 1.807) is 23.5 Å². The number of nitrogens with zero attached hydrogens (tertiary/aromatic N) is 3. The molecule has 0 atom stereocenters. The van der Waals surface area contributed by atoms with Gasteiger partial charge in [-0.15, -0.1) is 11.3 Å². The summed E-state index contributed by atoms with van der Waals surface area (Å²) in [4.78, 5) is 15.9. The van der Waals surface area contributed by atoms with E-state index in [0.717, 1.165) is 53.6 Å². The first-order valence-electron chi connectivity index (χ1n) is 23.1. The molecule has 62 heavy (non-hydrogen) atoms. The molecular formula is C58H37N3S. The van der Waals surface area contributed by atoms with Gasteiger partial charge in [-0.05, 0) is 67.8 Å². The van der Waals surface area contributed by atoms with Crippen molar-refractivity contribution >= 4 is 31.5 Å². The number of hydrogen-bond acceptors (Lipinski definition) is 4. The molecule has 4 heteroatoms. The van der Waals surface area contributed by atoms with Gasteiger partial charge in [-0.2, -0.15) is 0 Å². The van der Waals surface area contributed by atoms with E-state index >= 15 is 0 Å². The van der Waals surface area contributed by atoms with Crippen molar-refractivity contribution in [3.05, 3.63) is 247 Å². The highest BCUT2D eigenvalue weighted by Gasteiger charge is 2.46. The molecule has 1 aliphatic rings. The zero-order chi connectivity index (χ0) is 45.4. The van der Waals surface area contributed by atoms with Gasteiger partial charge in [0.25, 0.3) is 0 Å². The third kappa shape index (κ3) is 5.61. The van der Waals surface area contributed by atoms with Gasteiger partial charge in [-0.3, -0.25) is 0 Å². The lowest BCUT2D eigenvalue weighted by molar-refractivity contribution is 0.768. The molecule has 0 radical (unpaired) electrons. The Labute approximate surface area is 371 Å². The zero-order valence-corrected chi connectivity index (χ0v) is 34.0. The minimum absolute atomic E-state index is 0.0796. The Morgan fingerprint density at radius 3 is 1.56 bits per heavy atom. The van der Waals surface area contributed by atoms with Crippen molar-refractivity contribution in [2.45, 2.75) is 5.41 Å². The molecule has 11 aromatic rings. The van der Waals surface area contributed by atoms with Crippen LogP contribution in [0, 0.1) is 0 Å². The number of aromatic nitrogens is 3. The van der Waals surface area contributed by atoms with Crippen molar-refractivity contribution in [2.75, 3.05) is 0 Å². The van der Waals surface area contributed by atoms with Gasteiger partial charge in [-0.25, -0.2) is 15.0 Å². The molecule has 0 spiro atoms. The molecule has 2 heterocycles. The maximum atomic E-state index is 8.98. The third-order valence-corrected chi connectivity index (χ3v) is 13.4. The normalized spacial score (nSPS) is 13.8. The van der Waals surface area contributed by atoms with Gasteiger partial charge in [-0.1, -0.05) is 212 Å². The van der Waals surface area contributed by atoms with Crippen LogP contribution in [-0.4, -0.2) is 15.0 Å². The highest BCUT2D eigenvalue weighted by atomic mass is 32.1. The second-order valence-electron chi connectivity index (χ2n) is 15.4. The maximum Gasteiger partial charge on any atom is 0.165 e. The molecule has 0 unspecified atom stereocenters. The van der Waals surface area contributed by atoms with Gasteiger partial charge >= 0.3 is 0 Å². The summed E-state index contributed by atoms with van der Waals surface area (Å²) in [6.45, 7) is 0. The fourth-order valence-electron chi connectivity index (χ4n) is 9.57. The van der Waals surface area contributed by atoms with Crippen LogP contribution in [0.2, 0.25) is 0 Å². The van der Waals surface area contributed by atoms with E-state index < -0.39 is 23.5 Å². The lowest BCUT2D eigenvalue weighted by atomic mass is 9.67. The molecule has 0 fully saturated rings. The molecule has 0 amide bonds. The second-order valence-corrected chi connectivity index (χ2v) is 16.5. The van der Waals surface area contributed by atoms with Crippen LogP contribution in [-0.2, 0) is 5.41 Å². The Balaban J connectivity index is 1.14. The Bertz CT molecular complexity index is 3710. The minimum Gasteiger partial charge on any atom is -0.208 e. The summed E-state index contributed by atoms with van der Waals surface area (Å²) in [5.41, 5.74) is 11.0. The number of rotatable bonds is 7. The number of benzene rings is 9. The molecule has 0 N–H and O–H groups in total. The van der Waals surface area contributed by atoms with Crippen LogP contribution in [0.15, 0.2) is 224 Å². The van der Waals surface area contributed by atoms with Gasteiger partial charge < -0.3 is 0 Å². The first-order chi connectivity index (χ1) is 32.8. The molecular weight excluding hydrogens is 771 g/mol. The van der Waals surface area contributed by atoms with Crippen molar-refractivity contribution in [2.24, 2.45) is 0 Å². The Kier molecular flexibility index (Phi) is 7.40. The maximum absolute atomic E-state index is 8.98. The largest absolute Gasteiger partial charge is 0.208 e. The van der Waals surface area contributed by atoms with Crippen molar-refractivity contribution in [1.82, 2.24) is 15.0 Å². The molecule has 0 saturated carbocycles. The highest BCUT2D eigenvalue weighted by molar-refractivity contribution is 7.26. The van der Waals surface area contributed by atoms with Crippen LogP contribution in [0.25, 0.3) is 87.7 Å². The smallest absolute Gasteiger partial charge is 0.165 e. The van der Waals surface area contributed by atoms with Crippen LogP contribution in [0.1, 0.15) is 29.1 Å². The van der Waals surface area contributed by atoms with Gasteiger partial charge in [0.05, 0.1) is 12.3 Å². The predicted molar refractivity (Wildman–Crippen MR) is 257 cm³/mol. The quantitative estimate of drug-likeness (QED) is 0.161. The number of hydrogen-bond donors (Lipinski definition) is 0. The van der Waals surface area contributed by atoms with Crippen LogP contribution in [0.5, 0.6) is 0 Å². The van der Waals surface area contributed by atoms with E-state index in [0.29, 0.717) is 28.6 Å². The van der Waals surface area contributed by atoms with Crippen LogP contribution < -0.4 is 0 Å². The lowest BCUT2D eigenvalue weighted by Crippen LogP contribution is -2.28. The average molecular weight is 813 g/mol. The van der Waals surface area contributed by atoms with E-state index in [4.69, 9.17) is 21.8 Å². The lowest BCUT2D eigenvalue weighted by Gasteiger charge is -2.34. The van der Waals surface area contributed by atoms with Gasteiger partial charge in [0.1, 0.15) is 0 Å². The summed E-state index contributed by atoms with van der Waals surface area (Å²) in [6.07, 6.45) is 0. The van der Waals surface area contributed by atoms with Gasteiger partial charge in [0, 0.05) is 36.9 Å². The molecule has 0 saturated heterocycles. The SMILES string of the molecule is [2H]c1c([2H])c([2H])c(-c2ccccc2-c2nc(-c3ccccc3-c3cccc4c3-c3ccccc3C4(c3ccccc3)c3ccccc3)nc(-c3cccc4c3sc3ccccc34)n2)c([2H])c1[2H]. The van der Waals surface area contributed by atoms with Crippen LogP contribution in [0.4, 0.5) is 0 Å². The Morgan fingerprint density at radius 1 is 0.371 bits per heavy atom. The van der Waals surface area contributed by atoms with E-state index in [-0.39, 0.29) is 17.6 Å². The number of fused-ring (bicyclic) bond motifs is 6. The monoisotopic (exact) mass is 812 g/mol. The van der Waals surface area contributed by atoms with Gasteiger partial charge in [0.15, 0.2) is 17.5 Å².